The molecule has 0 spiro atoms. The first-order valence-corrected chi connectivity index (χ1v) is 10.4. The van der Waals surface area contributed by atoms with Crippen LogP contribution in [-0.2, 0) is 16.8 Å². The maximum absolute atomic E-state index is 13.2. The number of benzene rings is 1. The van der Waals surface area contributed by atoms with Crippen LogP contribution >= 0.6 is 0 Å². The Balaban J connectivity index is 1.75. The molecule has 29 heavy (non-hydrogen) atoms. The molecule has 0 radical (unpaired) electrons. The molecule has 6 heteroatoms. The zero-order chi connectivity index (χ0) is 20.9. The van der Waals surface area contributed by atoms with E-state index in [0.717, 1.165) is 43.7 Å². The number of carbonyl (C=O) groups excluding carboxylic acids is 1. The van der Waals surface area contributed by atoms with Crippen molar-refractivity contribution in [2.24, 2.45) is 11.8 Å². The standard InChI is InChI=1S/C23H31N5O/c1-17(2)14-28-10-4-5-20(15-28)22(29)27-23(3,21-13-25-16-26-21)11-18-6-8-19(12-24)9-7-18/h6-9,13,16-17,20H,4-5,10-11,14-15H2,1-3H3,(H,25,26)(H,27,29)/t20-,23?/m0/s1. The quantitative estimate of drug-likeness (QED) is 0.756. The Morgan fingerprint density at radius 1 is 1.41 bits per heavy atom. The van der Waals surface area contributed by atoms with Gasteiger partial charge in [-0.1, -0.05) is 26.0 Å². The van der Waals surface area contributed by atoms with Crippen molar-refractivity contribution >= 4 is 5.91 Å². The van der Waals surface area contributed by atoms with Gasteiger partial charge in [0.25, 0.3) is 0 Å². The van der Waals surface area contributed by atoms with Crippen molar-refractivity contribution in [2.75, 3.05) is 19.6 Å². The molecule has 0 bridgehead atoms. The largest absolute Gasteiger partial charge is 0.347 e. The van der Waals surface area contributed by atoms with Gasteiger partial charge in [0.15, 0.2) is 0 Å². The van der Waals surface area contributed by atoms with Crippen LogP contribution in [0.5, 0.6) is 0 Å². The molecule has 2 N–H and O–H groups in total. The number of aromatic amines is 1. The molecule has 1 fully saturated rings. The van der Waals surface area contributed by atoms with Crippen LogP contribution < -0.4 is 5.32 Å². The lowest BCUT2D eigenvalue weighted by atomic mass is 9.87. The summed E-state index contributed by atoms with van der Waals surface area (Å²) in [5.41, 5.74) is 1.98. The van der Waals surface area contributed by atoms with Gasteiger partial charge in [0.05, 0.1) is 41.3 Å². The average Bonchev–Trinajstić information content (AvgIpc) is 3.24. The van der Waals surface area contributed by atoms with E-state index in [2.05, 4.69) is 40.1 Å². The number of amides is 1. The van der Waals surface area contributed by atoms with Crippen molar-refractivity contribution in [2.45, 2.75) is 45.6 Å². The van der Waals surface area contributed by atoms with Gasteiger partial charge in [-0.15, -0.1) is 0 Å². The SMILES string of the molecule is CC(C)CN1CCC[C@H](C(=O)NC(C)(Cc2ccc(C#N)cc2)c2cnc[nH]2)C1. The van der Waals surface area contributed by atoms with E-state index >= 15 is 0 Å². The highest BCUT2D eigenvalue weighted by Gasteiger charge is 2.34. The molecule has 6 nitrogen and oxygen atoms in total. The highest BCUT2D eigenvalue weighted by atomic mass is 16.2. The first-order valence-electron chi connectivity index (χ1n) is 10.4. The monoisotopic (exact) mass is 393 g/mol. The molecule has 3 rings (SSSR count). The highest BCUT2D eigenvalue weighted by molar-refractivity contribution is 5.80. The third-order valence-electron chi connectivity index (χ3n) is 5.63. The van der Waals surface area contributed by atoms with Crippen molar-refractivity contribution in [1.82, 2.24) is 20.2 Å². The molecule has 1 saturated heterocycles. The number of nitrogens with one attached hydrogen (secondary N) is 2. The summed E-state index contributed by atoms with van der Waals surface area (Å²) in [6.07, 6.45) is 6.02. The number of H-pyrrole nitrogens is 1. The van der Waals surface area contributed by atoms with Crippen molar-refractivity contribution in [3.8, 4) is 6.07 Å². The number of nitrogens with zero attached hydrogens (tertiary/aromatic N) is 3. The average molecular weight is 394 g/mol. The molecule has 1 aromatic carbocycles. The molecular weight excluding hydrogens is 362 g/mol. The number of likely N-dealkylation sites (tertiary alicyclic amines) is 1. The third kappa shape index (κ3) is 5.45. The minimum absolute atomic E-state index is 0.00529. The second-order valence-electron chi connectivity index (χ2n) is 8.76. The highest BCUT2D eigenvalue weighted by Crippen LogP contribution is 2.26. The van der Waals surface area contributed by atoms with Crippen LogP contribution in [0.15, 0.2) is 36.8 Å². The molecule has 2 atom stereocenters. The first-order chi connectivity index (χ1) is 13.9. The zero-order valence-corrected chi connectivity index (χ0v) is 17.6. The zero-order valence-electron chi connectivity index (χ0n) is 17.6. The van der Waals surface area contributed by atoms with Crippen LogP contribution in [0.3, 0.4) is 0 Å². The molecule has 1 amide bonds. The molecule has 2 aromatic rings. The van der Waals surface area contributed by atoms with Crippen LogP contribution in [0.25, 0.3) is 0 Å². The number of imidazole rings is 1. The summed E-state index contributed by atoms with van der Waals surface area (Å²) in [6, 6.07) is 9.67. The fourth-order valence-corrected chi connectivity index (χ4v) is 4.20. The summed E-state index contributed by atoms with van der Waals surface area (Å²) in [7, 11) is 0. The predicted octanol–water partition coefficient (Wildman–Crippen LogP) is 3.22. The van der Waals surface area contributed by atoms with E-state index in [0.29, 0.717) is 17.9 Å². The summed E-state index contributed by atoms with van der Waals surface area (Å²) < 4.78 is 0. The molecule has 154 valence electrons. The van der Waals surface area contributed by atoms with Crippen LogP contribution in [0.2, 0.25) is 0 Å². The van der Waals surface area contributed by atoms with Gasteiger partial charge in [0, 0.05) is 19.5 Å². The first kappa shape index (κ1) is 21.1. The van der Waals surface area contributed by atoms with Gasteiger partial charge < -0.3 is 15.2 Å². The van der Waals surface area contributed by atoms with Crippen molar-refractivity contribution in [1.29, 1.82) is 5.26 Å². The van der Waals surface area contributed by atoms with Crippen LogP contribution in [0.4, 0.5) is 0 Å². The molecule has 1 aliphatic heterocycles. The maximum atomic E-state index is 13.2. The Morgan fingerprint density at radius 3 is 2.79 bits per heavy atom. The fraction of sp³-hybridized carbons (Fsp3) is 0.522. The van der Waals surface area contributed by atoms with E-state index in [9.17, 15) is 4.79 Å². The van der Waals surface area contributed by atoms with Gasteiger partial charge in [-0.3, -0.25) is 4.79 Å². The Morgan fingerprint density at radius 2 is 2.17 bits per heavy atom. The van der Waals surface area contributed by atoms with Crippen LogP contribution in [-0.4, -0.2) is 40.4 Å². The summed E-state index contributed by atoms with van der Waals surface area (Å²) >= 11 is 0. The topological polar surface area (TPSA) is 84.8 Å². The van der Waals surface area contributed by atoms with E-state index < -0.39 is 5.54 Å². The maximum Gasteiger partial charge on any atom is 0.225 e. The fourth-order valence-electron chi connectivity index (χ4n) is 4.20. The number of aromatic nitrogens is 2. The molecule has 1 unspecified atom stereocenters. The third-order valence-corrected chi connectivity index (χ3v) is 5.63. The summed E-state index contributed by atoms with van der Waals surface area (Å²) in [6.45, 7) is 9.40. The predicted molar refractivity (Wildman–Crippen MR) is 113 cm³/mol. The molecule has 0 saturated carbocycles. The van der Waals surface area contributed by atoms with Crippen molar-refractivity contribution in [3.63, 3.8) is 0 Å². The second kappa shape index (κ2) is 9.23. The van der Waals surface area contributed by atoms with Gasteiger partial charge in [0.1, 0.15) is 0 Å². The number of rotatable bonds is 7. The number of hydrogen-bond acceptors (Lipinski definition) is 4. The molecule has 0 aliphatic carbocycles. The molecular formula is C23H31N5O. The Hall–Kier alpha value is -2.65. The van der Waals surface area contributed by atoms with Gasteiger partial charge in [0.2, 0.25) is 5.91 Å². The van der Waals surface area contributed by atoms with Gasteiger partial charge in [-0.05, 0) is 49.9 Å². The Labute approximate surface area is 173 Å². The van der Waals surface area contributed by atoms with Crippen LogP contribution in [0, 0.1) is 23.2 Å². The second-order valence-corrected chi connectivity index (χ2v) is 8.76. The van der Waals surface area contributed by atoms with Crippen molar-refractivity contribution < 1.29 is 4.79 Å². The minimum Gasteiger partial charge on any atom is -0.347 e. The summed E-state index contributed by atoms with van der Waals surface area (Å²) in [5, 5.41) is 12.3. The summed E-state index contributed by atoms with van der Waals surface area (Å²) in [4.78, 5) is 23.0. The smallest absolute Gasteiger partial charge is 0.225 e. The van der Waals surface area contributed by atoms with Crippen LogP contribution in [0.1, 0.15) is 50.4 Å². The lowest BCUT2D eigenvalue weighted by molar-refractivity contribution is -0.128. The number of piperidine rings is 1. The summed E-state index contributed by atoms with van der Waals surface area (Å²) in [5.74, 6) is 0.707. The molecule has 2 heterocycles. The lowest BCUT2D eigenvalue weighted by Gasteiger charge is -2.36. The number of hydrogen-bond donors (Lipinski definition) is 2. The number of nitriles is 1. The normalized spacial score (nSPS) is 19.5. The number of carbonyl (C=O) groups is 1. The Bertz CT molecular complexity index is 837. The van der Waals surface area contributed by atoms with Gasteiger partial charge in [-0.2, -0.15) is 5.26 Å². The van der Waals surface area contributed by atoms with Gasteiger partial charge >= 0.3 is 0 Å². The minimum atomic E-state index is -0.595. The lowest BCUT2D eigenvalue weighted by Crippen LogP contribution is -2.51. The van der Waals surface area contributed by atoms with E-state index in [1.807, 2.05) is 31.2 Å². The van der Waals surface area contributed by atoms with E-state index in [4.69, 9.17) is 5.26 Å². The molecule has 1 aliphatic rings. The van der Waals surface area contributed by atoms with Crippen molar-refractivity contribution in [3.05, 3.63) is 53.6 Å². The Kier molecular flexibility index (Phi) is 6.71. The van der Waals surface area contributed by atoms with E-state index in [1.54, 1.807) is 12.5 Å². The van der Waals surface area contributed by atoms with E-state index in [1.165, 1.54) is 0 Å². The van der Waals surface area contributed by atoms with Gasteiger partial charge in [-0.25, -0.2) is 4.98 Å². The van der Waals surface area contributed by atoms with E-state index in [-0.39, 0.29) is 11.8 Å². The molecule has 1 aromatic heterocycles.